The third-order valence-electron chi connectivity index (χ3n) is 5.88. The monoisotopic (exact) mass is 358 g/mol. The highest BCUT2D eigenvalue weighted by Crippen LogP contribution is 2.24. The summed E-state index contributed by atoms with van der Waals surface area (Å²) in [6.07, 6.45) is 10.6. The lowest BCUT2D eigenvalue weighted by atomic mass is 9.93. The third-order valence-corrected chi connectivity index (χ3v) is 5.88. The average Bonchev–Trinajstić information content (AvgIpc) is 2.69. The third kappa shape index (κ3) is 5.52. The molecule has 0 unspecified atom stereocenters. The molecule has 5 nitrogen and oxygen atoms in total. The molecule has 1 amide bonds. The fourth-order valence-electron chi connectivity index (χ4n) is 4.27. The molecule has 26 heavy (non-hydrogen) atoms. The van der Waals surface area contributed by atoms with Crippen LogP contribution in [-0.2, 0) is 11.3 Å². The van der Waals surface area contributed by atoms with Gasteiger partial charge in [0.2, 0.25) is 5.91 Å². The number of hydrogen-bond acceptors (Lipinski definition) is 4. The van der Waals surface area contributed by atoms with Crippen LogP contribution in [0.3, 0.4) is 0 Å². The minimum Gasteiger partial charge on any atom is -0.356 e. The number of carbonyl (C=O) groups is 1. The predicted molar refractivity (Wildman–Crippen MR) is 105 cm³/mol. The molecule has 1 aromatic heterocycles. The molecule has 0 saturated carbocycles. The maximum atomic E-state index is 12.4. The van der Waals surface area contributed by atoms with Gasteiger partial charge in [-0.05, 0) is 69.4 Å². The summed E-state index contributed by atoms with van der Waals surface area (Å²) in [5, 5.41) is 3.13. The average molecular weight is 359 g/mol. The van der Waals surface area contributed by atoms with E-state index in [1.807, 2.05) is 12.4 Å². The van der Waals surface area contributed by atoms with Crippen LogP contribution in [-0.4, -0.2) is 59.5 Å². The largest absolute Gasteiger partial charge is 0.356 e. The second kappa shape index (κ2) is 10.0. The van der Waals surface area contributed by atoms with Gasteiger partial charge in [0, 0.05) is 38.1 Å². The Labute approximate surface area is 158 Å². The Morgan fingerprint density at radius 2 is 1.96 bits per heavy atom. The van der Waals surface area contributed by atoms with E-state index in [0.717, 1.165) is 65.0 Å². The van der Waals surface area contributed by atoms with Crippen LogP contribution in [0.1, 0.15) is 51.0 Å². The molecule has 1 N–H and O–H groups in total. The van der Waals surface area contributed by atoms with Gasteiger partial charge in [0.25, 0.3) is 0 Å². The van der Waals surface area contributed by atoms with Crippen LogP contribution in [0.15, 0.2) is 24.5 Å². The van der Waals surface area contributed by atoms with Crippen molar-refractivity contribution in [2.75, 3.05) is 32.7 Å². The summed E-state index contributed by atoms with van der Waals surface area (Å²) in [6.45, 7) is 8.43. The van der Waals surface area contributed by atoms with Gasteiger partial charge in [-0.3, -0.25) is 19.6 Å². The quantitative estimate of drug-likeness (QED) is 0.762. The maximum Gasteiger partial charge on any atom is 0.224 e. The standard InChI is InChI=1S/C21H34N4O/c1-2-3-10-23-21(26)19-5-4-13-25(17-19)20-8-14-24(15-9-20)16-18-6-11-22-12-7-18/h6-7,11-12,19-20H,2-5,8-10,13-17H2,1H3,(H,23,26)/t19-/m1/s1. The lowest BCUT2D eigenvalue weighted by Gasteiger charge is -2.42. The number of nitrogens with one attached hydrogen (secondary N) is 1. The van der Waals surface area contributed by atoms with Gasteiger partial charge < -0.3 is 5.32 Å². The first-order valence-corrected chi connectivity index (χ1v) is 10.4. The molecular formula is C21H34N4O. The van der Waals surface area contributed by atoms with Crippen molar-refractivity contribution in [1.29, 1.82) is 0 Å². The molecule has 0 bridgehead atoms. The molecule has 144 valence electrons. The molecule has 0 aliphatic carbocycles. The van der Waals surface area contributed by atoms with E-state index in [1.54, 1.807) is 0 Å². The van der Waals surface area contributed by atoms with Crippen LogP contribution < -0.4 is 5.32 Å². The van der Waals surface area contributed by atoms with Gasteiger partial charge in [0.1, 0.15) is 0 Å². The van der Waals surface area contributed by atoms with Gasteiger partial charge in [0.05, 0.1) is 5.92 Å². The van der Waals surface area contributed by atoms with Gasteiger partial charge >= 0.3 is 0 Å². The summed E-state index contributed by atoms with van der Waals surface area (Å²) in [6, 6.07) is 4.87. The van der Waals surface area contributed by atoms with Gasteiger partial charge in [-0.1, -0.05) is 13.3 Å². The maximum absolute atomic E-state index is 12.4. The molecule has 5 heteroatoms. The smallest absolute Gasteiger partial charge is 0.224 e. The summed E-state index contributed by atoms with van der Waals surface area (Å²) in [7, 11) is 0. The highest BCUT2D eigenvalue weighted by molar-refractivity contribution is 5.78. The topological polar surface area (TPSA) is 48.5 Å². The molecule has 0 aromatic carbocycles. The molecule has 0 radical (unpaired) electrons. The van der Waals surface area contributed by atoms with Crippen molar-refractivity contribution in [3.8, 4) is 0 Å². The number of aromatic nitrogens is 1. The van der Waals surface area contributed by atoms with Crippen molar-refractivity contribution < 1.29 is 4.79 Å². The van der Waals surface area contributed by atoms with Crippen LogP contribution in [0.4, 0.5) is 0 Å². The van der Waals surface area contributed by atoms with Gasteiger partial charge in [-0.25, -0.2) is 0 Å². The van der Waals surface area contributed by atoms with Crippen molar-refractivity contribution in [3.63, 3.8) is 0 Å². The molecule has 2 saturated heterocycles. The minimum atomic E-state index is 0.190. The van der Waals surface area contributed by atoms with E-state index < -0.39 is 0 Å². The first-order valence-electron chi connectivity index (χ1n) is 10.4. The van der Waals surface area contributed by atoms with Gasteiger partial charge in [-0.2, -0.15) is 0 Å². The Morgan fingerprint density at radius 1 is 1.19 bits per heavy atom. The Morgan fingerprint density at radius 3 is 2.69 bits per heavy atom. The molecule has 3 rings (SSSR count). The lowest BCUT2D eigenvalue weighted by molar-refractivity contribution is -0.127. The fraction of sp³-hybridized carbons (Fsp3) is 0.714. The lowest BCUT2D eigenvalue weighted by Crippen LogP contribution is -2.50. The second-order valence-electron chi connectivity index (χ2n) is 7.84. The molecule has 2 aliphatic heterocycles. The first-order chi connectivity index (χ1) is 12.8. The van der Waals surface area contributed by atoms with E-state index in [1.165, 1.54) is 18.4 Å². The molecule has 2 aliphatic rings. The number of piperidine rings is 2. The summed E-state index contributed by atoms with van der Waals surface area (Å²) in [4.78, 5) is 21.6. The first kappa shape index (κ1) is 19.3. The number of unbranched alkanes of at least 4 members (excludes halogenated alkanes) is 1. The normalized spacial score (nSPS) is 23.0. The van der Waals surface area contributed by atoms with E-state index in [0.29, 0.717) is 6.04 Å². The molecule has 1 atom stereocenters. The van der Waals surface area contributed by atoms with Crippen molar-refractivity contribution in [2.45, 2.75) is 58.0 Å². The second-order valence-corrected chi connectivity index (χ2v) is 7.84. The van der Waals surface area contributed by atoms with E-state index in [-0.39, 0.29) is 11.8 Å². The van der Waals surface area contributed by atoms with Crippen LogP contribution in [0, 0.1) is 5.92 Å². The number of hydrogen-bond donors (Lipinski definition) is 1. The number of nitrogens with zero attached hydrogens (tertiary/aromatic N) is 3. The van der Waals surface area contributed by atoms with Gasteiger partial charge in [0.15, 0.2) is 0 Å². The predicted octanol–water partition coefficient (Wildman–Crippen LogP) is 2.67. The number of amides is 1. The number of rotatable bonds is 7. The summed E-state index contributed by atoms with van der Waals surface area (Å²) in [5.74, 6) is 0.466. The van der Waals surface area contributed by atoms with Crippen molar-refractivity contribution >= 4 is 5.91 Å². The number of pyridine rings is 1. The molecule has 1 aromatic rings. The Kier molecular flexibility index (Phi) is 7.44. The molecular weight excluding hydrogens is 324 g/mol. The highest BCUT2D eigenvalue weighted by Gasteiger charge is 2.31. The van der Waals surface area contributed by atoms with Crippen molar-refractivity contribution in [3.05, 3.63) is 30.1 Å². The Hall–Kier alpha value is -1.46. The van der Waals surface area contributed by atoms with Crippen LogP contribution in [0.5, 0.6) is 0 Å². The number of carbonyl (C=O) groups excluding carboxylic acids is 1. The molecule has 2 fully saturated rings. The number of likely N-dealkylation sites (tertiary alicyclic amines) is 2. The minimum absolute atomic E-state index is 0.190. The Balaban J connectivity index is 1.43. The Bertz CT molecular complexity index is 542. The van der Waals surface area contributed by atoms with E-state index in [9.17, 15) is 4.79 Å². The zero-order chi connectivity index (χ0) is 18.2. The van der Waals surface area contributed by atoms with Crippen molar-refractivity contribution in [1.82, 2.24) is 20.1 Å². The van der Waals surface area contributed by atoms with Crippen LogP contribution in [0.2, 0.25) is 0 Å². The van der Waals surface area contributed by atoms with E-state index in [2.05, 4.69) is 39.2 Å². The molecule has 0 spiro atoms. The fourth-order valence-corrected chi connectivity index (χ4v) is 4.27. The van der Waals surface area contributed by atoms with Gasteiger partial charge in [-0.15, -0.1) is 0 Å². The summed E-state index contributed by atoms with van der Waals surface area (Å²) in [5.41, 5.74) is 1.35. The van der Waals surface area contributed by atoms with Crippen LogP contribution >= 0.6 is 0 Å². The zero-order valence-electron chi connectivity index (χ0n) is 16.2. The van der Waals surface area contributed by atoms with Crippen molar-refractivity contribution in [2.24, 2.45) is 5.92 Å². The highest BCUT2D eigenvalue weighted by atomic mass is 16.1. The van der Waals surface area contributed by atoms with E-state index in [4.69, 9.17) is 0 Å². The summed E-state index contributed by atoms with van der Waals surface area (Å²) >= 11 is 0. The molecule has 3 heterocycles. The SMILES string of the molecule is CCCCNC(=O)[C@@H]1CCCN(C2CCN(Cc3ccncc3)CC2)C1. The van der Waals surface area contributed by atoms with Crippen LogP contribution in [0.25, 0.3) is 0 Å². The zero-order valence-corrected chi connectivity index (χ0v) is 16.2. The summed E-state index contributed by atoms with van der Waals surface area (Å²) < 4.78 is 0. The van der Waals surface area contributed by atoms with E-state index >= 15 is 0 Å².